The second-order valence-corrected chi connectivity index (χ2v) is 3.91. The lowest BCUT2D eigenvalue weighted by atomic mass is 10.1. The molecule has 1 aliphatic heterocycles. The van der Waals surface area contributed by atoms with Crippen LogP contribution in [-0.2, 0) is 4.74 Å². The van der Waals surface area contributed by atoms with Gasteiger partial charge in [-0.3, -0.25) is 0 Å². The molecule has 0 aliphatic carbocycles. The van der Waals surface area contributed by atoms with Crippen molar-refractivity contribution in [3.05, 3.63) is 36.0 Å². The quantitative estimate of drug-likeness (QED) is 0.800. The second kappa shape index (κ2) is 4.87. The molecule has 0 amide bonds. The van der Waals surface area contributed by atoms with Gasteiger partial charge in [-0.1, -0.05) is 12.1 Å². The summed E-state index contributed by atoms with van der Waals surface area (Å²) in [5.74, 6) is 0. The van der Waals surface area contributed by atoms with Gasteiger partial charge in [-0.05, 0) is 23.1 Å². The summed E-state index contributed by atoms with van der Waals surface area (Å²) in [5.41, 5.74) is 2.49. The van der Waals surface area contributed by atoms with E-state index in [1.54, 1.807) is 0 Å². The summed E-state index contributed by atoms with van der Waals surface area (Å²) >= 11 is 0. The third-order valence-electron chi connectivity index (χ3n) is 2.90. The van der Waals surface area contributed by atoms with E-state index in [1.807, 2.05) is 6.20 Å². The van der Waals surface area contributed by atoms with Crippen molar-refractivity contribution < 1.29 is 4.74 Å². The zero-order valence-corrected chi connectivity index (χ0v) is 9.72. The van der Waals surface area contributed by atoms with Gasteiger partial charge < -0.3 is 15.0 Å². The maximum atomic E-state index is 5.46. The predicted molar refractivity (Wildman–Crippen MR) is 67.1 cm³/mol. The Balaban J connectivity index is 0.000000963. The fraction of sp³-hybridized carbons (Fsp3) is 0.333. The number of nitrogens with one attached hydrogen (secondary N) is 2. The van der Waals surface area contributed by atoms with Crippen molar-refractivity contribution in [2.75, 3.05) is 19.8 Å². The molecule has 3 nitrogen and oxygen atoms in total. The Bertz CT molecular complexity index is 463. The topological polar surface area (TPSA) is 37.0 Å². The van der Waals surface area contributed by atoms with Crippen LogP contribution in [0.25, 0.3) is 10.9 Å². The Morgan fingerprint density at radius 1 is 1.25 bits per heavy atom. The van der Waals surface area contributed by atoms with Crippen molar-refractivity contribution in [2.45, 2.75) is 6.04 Å². The number of H-pyrrole nitrogens is 1. The van der Waals surface area contributed by atoms with Crippen LogP contribution in [-0.4, -0.2) is 24.7 Å². The smallest absolute Gasteiger partial charge is 0.0662 e. The fourth-order valence-corrected chi connectivity index (χ4v) is 2.06. The van der Waals surface area contributed by atoms with Gasteiger partial charge in [0.2, 0.25) is 0 Å². The molecule has 0 radical (unpaired) electrons. The van der Waals surface area contributed by atoms with Crippen LogP contribution < -0.4 is 5.32 Å². The average molecular weight is 239 g/mol. The largest absolute Gasteiger partial charge is 0.378 e. The van der Waals surface area contributed by atoms with E-state index < -0.39 is 0 Å². The van der Waals surface area contributed by atoms with Crippen LogP contribution in [0, 0.1) is 0 Å². The summed E-state index contributed by atoms with van der Waals surface area (Å²) in [4.78, 5) is 3.23. The van der Waals surface area contributed by atoms with Crippen LogP contribution in [0.5, 0.6) is 0 Å². The first kappa shape index (κ1) is 11.5. The molecule has 1 saturated heterocycles. The van der Waals surface area contributed by atoms with E-state index in [9.17, 15) is 0 Å². The molecule has 4 heteroatoms. The SMILES string of the molecule is Cl.c1cc2ccc([C@@H]3COCCN3)cc2[nH]1. The summed E-state index contributed by atoms with van der Waals surface area (Å²) in [6.07, 6.45) is 1.97. The number of halogens is 1. The minimum absolute atomic E-state index is 0. The molecule has 1 aliphatic rings. The Morgan fingerprint density at radius 3 is 3.00 bits per heavy atom. The highest BCUT2D eigenvalue weighted by molar-refractivity contribution is 5.85. The molecule has 0 bridgehead atoms. The van der Waals surface area contributed by atoms with E-state index in [4.69, 9.17) is 4.74 Å². The Morgan fingerprint density at radius 2 is 2.19 bits per heavy atom. The van der Waals surface area contributed by atoms with Gasteiger partial charge in [0.05, 0.1) is 19.3 Å². The number of fused-ring (bicyclic) bond motifs is 1. The Hall–Kier alpha value is -1.03. The number of aromatic amines is 1. The molecule has 1 aromatic carbocycles. The molecule has 1 atom stereocenters. The summed E-state index contributed by atoms with van der Waals surface area (Å²) in [7, 11) is 0. The first-order valence-corrected chi connectivity index (χ1v) is 5.32. The highest BCUT2D eigenvalue weighted by Crippen LogP contribution is 2.20. The number of benzene rings is 1. The lowest BCUT2D eigenvalue weighted by Gasteiger charge is -2.24. The third-order valence-corrected chi connectivity index (χ3v) is 2.90. The number of hydrogen-bond donors (Lipinski definition) is 2. The number of aromatic nitrogens is 1. The zero-order valence-electron chi connectivity index (χ0n) is 8.90. The molecular formula is C12H15ClN2O. The van der Waals surface area contributed by atoms with E-state index in [1.165, 1.54) is 16.5 Å². The minimum atomic E-state index is 0. The molecule has 0 spiro atoms. The zero-order chi connectivity index (χ0) is 10.1. The number of ether oxygens (including phenoxy) is 1. The maximum Gasteiger partial charge on any atom is 0.0662 e. The molecule has 1 fully saturated rings. The number of morpholine rings is 1. The van der Waals surface area contributed by atoms with Crippen LogP contribution in [0.1, 0.15) is 11.6 Å². The van der Waals surface area contributed by atoms with Crippen LogP contribution in [0.2, 0.25) is 0 Å². The van der Waals surface area contributed by atoms with Crippen molar-refractivity contribution in [2.24, 2.45) is 0 Å². The highest BCUT2D eigenvalue weighted by atomic mass is 35.5. The van der Waals surface area contributed by atoms with Crippen molar-refractivity contribution in [3.63, 3.8) is 0 Å². The third kappa shape index (κ3) is 2.07. The highest BCUT2D eigenvalue weighted by Gasteiger charge is 2.15. The van der Waals surface area contributed by atoms with Gasteiger partial charge in [-0.25, -0.2) is 0 Å². The summed E-state index contributed by atoms with van der Waals surface area (Å²) in [6, 6.07) is 8.94. The second-order valence-electron chi connectivity index (χ2n) is 3.91. The van der Waals surface area contributed by atoms with Crippen molar-refractivity contribution >= 4 is 23.3 Å². The van der Waals surface area contributed by atoms with Gasteiger partial charge in [0.15, 0.2) is 0 Å². The monoisotopic (exact) mass is 238 g/mol. The maximum absolute atomic E-state index is 5.46. The van der Waals surface area contributed by atoms with E-state index >= 15 is 0 Å². The van der Waals surface area contributed by atoms with E-state index in [2.05, 4.69) is 34.6 Å². The number of rotatable bonds is 1. The number of hydrogen-bond acceptors (Lipinski definition) is 2. The van der Waals surface area contributed by atoms with Gasteiger partial charge in [-0.15, -0.1) is 12.4 Å². The standard InChI is InChI=1S/C12H14N2O.ClH/c1-2-10(12-8-15-6-5-14-12)7-11-9(1)3-4-13-11;/h1-4,7,12-14H,5-6,8H2;1H/t12-;/m0./s1. The van der Waals surface area contributed by atoms with E-state index in [-0.39, 0.29) is 12.4 Å². The van der Waals surface area contributed by atoms with Gasteiger partial charge in [0, 0.05) is 18.3 Å². The van der Waals surface area contributed by atoms with Crippen LogP contribution in [0.4, 0.5) is 0 Å². The Kier molecular flexibility index (Phi) is 3.49. The summed E-state index contributed by atoms with van der Waals surface area (Å²) in [5, 5.41) is 4.71. The first-order valence-electron chi connectivity index (χ1n) is 5.32. The molecule has 0 unspecified atom stereocenters. The van der Waals surface area contributed by atoms with Gasteiger partial charge in [0.1, 0.15) is 0 Å². The lowest BCUT2D eigenvalue weighted by molar-refractivity contribution is 0.0769. The predicted octanol–water partition coefficient (Wildman–Crippen LogP) is 2.25. The molecule has 16 heavy (non-hydrogen) atoms. The fourth-order valence-electron chi connectivity index (χ4n) is 2.06. The average Bonchev–Trinajstić information content (AvgIpc) is 2.77. The lowest BCUT2D eigenvalue weighted by Crippen LogP contribution is -2.34. The molecule has 0 saturated carbocycles. The van der Waals surface area contributed by atoms with Crippen molar-refractivity contribution in [1.82, 2.24) is 10.3 Å². The van der Waals surface area contributed by atoms with Gasteiger partial charge in [-0.2, -0.15) is 0 Å². The van der Waals surface area contributed by atoms with E-state index in [0.717, 1.165) is 19.8 Å². The molecule has 2 aromatic rings. The molecule has 3 rings (SSSR count). The molecule has 2 heterocycles. The van der Waals surface area contributed by atoms with E-state index in [0.29, 0.717) is 6.04 Å². The Labute approximate surface area is 101 Å². The van der Waals surface area contributed by atoms with Crippen LogP contribution in [0.15, 0.2) is 30.5 Å². The first-order chi connectivity index (χ1) is 7.43. The molecule has 2 N–H and O–H groups in total. The summed E-state index contributed by atoms with van der Waals surface area (Å²) in [6.45, 7) is 2.53. The van der Waals surface area contributed by atoms with Gasteiger partial charge in [0.25, 0.3) is 0 Å². The van der Waals surface area contributed by atoms with Gasteiger partial charge >= 0.3 is 0 Å². The van der Waals surface area contributed by atoms with Crippen molar-refractivity contribution in [3.8, 4) is 0 Å². The normalized spacial score (nSPS) is 20.6. The molecular weight excluding hydrogens is 224 g/mol. The van der Waals surface area contributed by atoms with Crippen molar-refractivity contribution in [1.29, 1.82) is 0 Å². The van der Waals surface area contributed by atoms with Crippen LogP contribution >= 0.6 is 12.4 Å². The van der Waals surface area contributed by atoms with Crippen LogP contribution in [0.3, 0.4) is 0 Å². The summed E-state index contributed by atoms with van der Waals surface area (Å²) < 4.78 is 5.46. The minimum Gasteiger partial charge on any atom is -0.378 e. The molecule has 1 aromatic heterocycles. The molecule has 86 valence electrons.